The Hall–Kier alpha value is -3.08. The lowest BCUT2D eigenvalue weighted by Crippen LogP contribution is -2.30. The number of benzene rings is 1. The van der Waals surface area contributed by atoms with Crippen molar-refractivity contribution in [2.24, 2.45) is 0 Å². The average molecular weight is 375 g/mol. The molecular formula is C23H25N3O2. The number of aromatic nitrogens is 2. The maximum Gasteiger partial charge on any atom is 0.256 e. The first-order valence-electron chi connectivity index (χ1n) is 9.64. The van der Waals surface area contributed by atoms with Crippen LogP contribution < -0.4 is 4.74 Å². The lowest BCUT2D eigenvalue weighted by Gasteiger charge is -2.25. The van der Waals surface area contributed by atoms with Gasteiger partial charge in [0.25, 0.3) is 5.91 Å². The van der Waals surface area contributed by atoms with E-state index in [1.54, 1.807) is 13.3 Å². The van der Waals surface area contributed by atoms with Crippen LogP contribution in [0.3, 0.4) is 0 Å². The molecule has 1 aromatic carbocycles. The summed E-state index contributed by atoms with van der Waals surface area (Å²) in [4.78, 5) is 19.7. The molecule has 0 spiro atoms. The number of amides is 1. The van der Waals surface area contributed by atoms with Crippen molar-refractivity contribution in [1.29, 1.82) is 0 Å². The zero-order valence-corrected chi connectivity index (χ0v) is 16.6. The highest BCUT2D eigenvalue weighted by molar-refractivity contribution is 5.96. The number of carbonyl (C=O) groups is 1. The molecule has 0 radical (unpaired) electrons. The number of carbonyl (C=O) groups excluding carboxylic acids is 1. The van der Waals surface area contributed by atoms with Gasteiger partial charge in [-0.3, -0.25) is 9.78 Å². The van der Waals surface area contributed by atoms with Gasteiger partial charge in [0, 0.05) is 24.1 Å². The second-order valence-corrected chi connectivity index (χ2v) is 7.26. The molecule has 1 unspecified atom stereocenters. The molecule has 1 aliphatic rings. The van der Waals surface area contributed by atoms with Gasteiger partial charge in [0.2, 0.25) is 0 Å². The zero-order chi connectivity index (χ0) is 19.7. The molecule has 1 amide bonds. The molecule has 3 aromatic rings. The number of methoxy groups -OCH3 is 1. The first kappa shape index (κ1) is 18.3. The van der Waals surface area contributed by atoms with Gasteiger partial charge in [-0.15, -0.1) is 0 Å². The highest BCUT2D eigenvalue weighted by Gasteiger charge is 2.32. The summed E-state index contributed by atoms with van der Waals surface area (Å²) >= 11 is 0. The van der Waals surface area contributed by atoms with E-state index in [0.717, 1.165) is 53.3 Å². The molecule has 0 saturated carbocycles. The van der Waals surface area contributed by atoms with Crippen LogP contribution in [0.4, 0.5) is 0 Å². The van der Waals surface area contributed by atoms with Crippen molar-refractivity contribution in [2.75, 3.05) is 13.7 Å². The van der Waals surface area contributed by atoms with Gasteiger partial charge in [-0.2, -0.15) is 0 Å². The normalized spacial score (nSPS) is 16.4. The Morgan fingerprint density at radius 1 is 1.18 bits per heavy atom. The van der Waals surface area contributed by atoms with E-state index in [4.69, 9.17) is 4.74 Å². The fourth-order valence-corrected chi connectivity index (χ4v) is 4.22. The average Bonchev–Trinajstić information content (AvgIpc) is 3.33. The minimum Gasteiger partial charge on any atom is -0.497 e. The second kappa shape index (κ2) is 7.50. The summed E-state index contributed by atoms with van der Waals surface area (Å²) < 4.78 is 7.46. The van der Waals surface area contributed by atoms with E-state index in [1.165, 1.54) is 0 Å². The van der Waals surface area contributed by atoms with Crippen LogP contribution in [0.25, 0.3) is 5.69 Å². The second-order valence-electron chi connectivity index (χ2n) is 7.26. The number of likely N-dealkylation sites (tertiary alicyclic amines) is 1. The molecular weight excluding hydrogens is 350 g/mol. The highest BCUT2D eigenvalue weighted by Crippen LogP contribution is 2.35. The van der Waals surface area contributed by atoms with Crippen LogP contribution in [0, 0.1) is 13.8 Å². The van der Waals surface area contributed by atoms with Crippen molar-refractivity contribution in [2.45, 2.75) is 32.7 Å². The third-order valence-corrected chi connectivity index (χ3v) is 5.56. The Morgan fingerprint density at radius 2 is 2.04 bits per heavy atom. The minimum atomic E-state index is 0.0871. The van der Waals surface area contributed by atoms with E-state index in [0.29, 0.717) is 0 Å². The predicted molar refractivity (Wildman–Crippen MR) is 109 cm³/mol. The lowest BCUT2D eigenvalue weighted by atomic mass is 10.0. The molecule has 5 heteroatoms. The molecule has 4 rings (SSSR count). The number of aryl methyl sites for hydroxylation is 1. The first-order chi connectivity index (χ1) is 13.6. The van der Waals surface area contributed by atoms with Crippen molar-refractivity contribution in [3.05, 3.63) is 77.4 Å². The molecule has 144 valence electrons. The van der Waals surface area contributed by atoms with Crippen LogP contribution in [0.5, 0.6) is 5.75 Å². The Labute approximate surface area is 165 Å². The predicted octanol–water partition coefficient (Wildman–Crippen LogP) is 4.48. The monoisotopic (exact) mass is 375 g/mol. The van der Waals surface area contributed by atoms with Gasteiger partial charge in [-0.1, -0.05) is 12.1 Å². The van der Waals surface area contributed by atoms with E-state index in [2.05, 4.69) is 15.6 Å². The van der Waals surface area contributed by atoms with Gasteiger partial charge in [-0.25, -0.2) is 0 Å². The molecule has 1 fully saturated rings. The number of rotatable bonds is 4. The molecule has 1 saturated heterocycles. The van der Waals surface area contributed by atoms with Gasteiger partial charge >= 0.3 is 0 Å². The molecule has 1 atom stereocenters. The maximum absolute atomic E-state index is 13.5. The summed E-state index contributed by atoms with van der Waals surface area (Å²) in [6.07, 6.45) is 5.56. The minimum absolute atomic E-state index is 0.0871. The summed E-state index contributed by atoms with van der Waals surface area (Å²) in [5.74, 6) is 0.917. The molecule has 28 heavy (non-hydrogen) atoms. The van der Waals surface area contributed by atoms with Crippen molar-refractivity contribution < 1.29 is 9.53 Å². The highest BCUT2D eigenvalue weighted by atomic mass is 16.5. The number of nitrogens with zero attached hydrogens (tertiary/aromatic N) is 3. The summed E-state index contributed by atoms with van der Waals surface area (Å²) in [7, 11) is 1.67. The van der Waals surface area contributed by atoms with Crippen LogP contribution in [-0.4, -0.2) is 34.0 Å². The van der Waals surface area contributed by atoms with E-state index >= 15 is 0 Å². The summed E-state index contributed by atoms with van der Waals surface area (Å²) in [5.41, 5.74) is 4.85. The van der Waals surface area contributed by atoms with Crippen molar-refractivity contribution in [1.82, 2.24) is 14.5 Å². The topological polar surface area (TPSA) is 47.4 Å². The Kier molecular flexibility index (Phi) is 4.90. The number of pyridine rings is 1. The third-order valence-electron chi connectivity index (χ3n) is 5.56. The summed E-state index contributed by atoms with van der Waals surface area (Å²) in [5, 5.41) is 0. The van der Waals surface area contributed by atoms with E-state index in [-0.39, 0.29) is 11.9 Å². The van der Waals surface area contributed by atoms with Crippen LogP contribution in [-0.2, 0) is 0 Å². The van der Waals surface area contributed by atoms with Crippen LogP contribution in [0.1, 0.15) is 46.2 Å². The van der Waals surface area contributed by atoms with Gasteiger partial charge in [-0.05, 0) is 62.6 Å². The number of hydrogen-bond acceptors (Lipinski definition) is 3. The zero-order valence-electron chi connectivity index (χ0n) is 16.6. The molecule has 0 aliphatic carbocycles. The van der Waals surface area contributed by atoms with Gasteiger partial charge in [0.05, 0.1) is 30.6 Å². The number of ether oxygens (including phenoxy) is 1. The Morgan fingerprint density at radius 3 is 2.79 bits per heavy atom. The largest absolute Gasteiger partial charge is 0.497 e. The number of hydrogen-bond donors (Lipinski definition) is 0. The fourth-order valence-electron chi connectivity index (χ4n) is 4.22. The first-order valence-corrected chi connectivity index (χ1v) is 9.64. The van der Waals surface area contributed by atoms with E-state index in [9.17, 15) is 4.79 Å². The smallest absolute Gasteiger partial charge is 0.256 e. The third kappa shape index (κ3) is 3.17. The SMILES string of the molecule is COc1cccc(C2CCCN2C(=O)c2cc(C)n(-c3cccnc3)c2C)c1. The van der Waals surface area contributed by atoms with Gasteiger partial charge in [0.1, 0.15) is 5.75 Å². The van der Waals surface area contributed by atoms with E-state index < -0.39 is 0 Å². The van der Waals surface area contributed by atoms with Crippen LogP contribution in [0.15, 0.2) is 54.9 Å². The maximum atomic E-state index is 13.5. The molecule has 3 heterocycles. The Balaban J connectivity index is 1.67. The molecule has 0 N–H and O–H groups in total. The van der Waals surface area contributed by atoms with Crippen LogP contribution in [0.2, 0.25) is 0 Å². The van der Waals surface area contributed by atoms with Gasteiger partial charge in [0.15, 0.2) is 0 Å². The standard InChI is InChI=1S/C23H25N3O2/c1-16-13-21(17(2)26(16)19-8-5-11-24-15-19)23(27)25-12-6-10-22(25)18-7-4-9-20(14-18)28-3/h4-5,7-9,11,13-15,22H,6,10,12H2,1-3H3. The fraction of sp³-hybridized carbons (Fsp3) is 0.304. The molecule has 2 aromatic heterocycles. The summed E-state index contributed by atoms with van der Waals surface area (Å²) in [6, 6.07) is 14.0. The quantitative estimate of drug-likeness (QED) is 0.676. The van der Waals surface area contributed by atoms with Crippen molar-refractivity contribution in [3.63, 3.8) is 0 Å². The van der Waals surface area contributed by atoms with E-state index in [1.807, 2.05) is 61.3 Å². The van der Waals surface area contributed by atoms with Crippen LogP contribution >= 0.6 is 0 Å². The van der Waals surface area contributed by atoms with Crippen molar-refractivity contribution in [3.8, 4) is 11.4 Å². The summed E-state index contributed by atoms with van der Waals surface area (Å²) in [6.45, 7) is 4.81. The lowest BCUT2D eigenvalue weighted by molar-refractivity contribution is 0.0734. The Bertz CT molecular complexity index is 994. The molecule has 5 nitrogen and oxygen atoms in total. The molecule has 0 bridgehead atoms. The van der Waals surface area contributed by atoms with Gasteiger partial charge < -0.3 is 14.2 Å². The molecule has 1 aliphatic heterocycles. The van der Waals surface area contributed by atoms with Crippen molar-refractivity contribution >= 4 is 5.91 Å².